The van der Waals surface area contributed by atoms with E-state index in [1.807, 2.05) is 0 Å². The van der Waals surface area contributed by atoms with Gasteiger partial charge in [0.1, 0.15) is 0 Å². The van der Waals surface area contributed by atoms with Crippen LogP contribution in [0.4, 0.5) is 0 Å². The maximum absolute atomic E-state index is 13.2. The first kappa shape index (κ1) is 22.1. The standard InChI is InChI=1S/C20H22Cl2N2O4S/c21-16-6-8-19(9-7-16)29(26,27)24(13-15-3-1-4-17(22)11-15)14-20(25)23-12-18-5-2-10-28-18/h1,3-4,6-9,11,18H,2,5,10,12-14H2,(H,23,25)/t18-/m0/s1. The Morgan fingerprint density at radius 1 is 1.14 bits per heavy atom. The third kappa shape index (κ3) is 6.17. The molecule has 0 unspecified atom stereocenters. The van der Waals surface area contributed by atoms with Gasteiger partial charge in [0, 0.05) is 29.7 Å². The van der Waals surface area contributed by atoms with E-state index in [0.29, 0.717) is 28.8 Å². The number of halogens is 2. The molecule has 9 heteroatoms. The molecule has 1 N–H and O–H groups in total. The fourth-order valence-corrected chi connectivity index (χ4v) is 4.79. The van der Waals surface area contributed by atoms with Gasteiger partial charge < -0.3 is 10.1 Å². The Balaban J connectivity index is 1.78. The van der Waals surface area contributed by atoms with Crippen molar-refractivity contribution in [3.8, 4) is 0 Å². The van der Waals surface area contributed by atoms with Gasteiger partial charge in [0.25, 0.3) is 0 Å². The molecule has 2 aromatic carbocycles. The number of sulfonamides is 1. The van der Waals surface area contributed by atoms with Gasteiger partial charge in [-0.25, -0.2) is 8.42 Å². The molecule has 1 atom stereocenters. The molecule has 0 saturated carbocycles. The predicted octanol–water partition coefficient (Wildman–Crippen LogP) is 3.48. The summed E-state index contributed by atoms with van der Waals surface area (Å²) < 4.78 is 33.0. The van der Waals surface area contributed by atoms with Gasteiger partial charge in [-0.2, -0.15) is 4.31 Å². The van der Waals surface area contributed by atoms with E-state index in [0.717, 1.165) is 17.1 Å². The van der Waals surface area contributed by atoms with Crippen LogP contribution in [0.3, 0.4) is 0 Å². The molecule has 29 heavy (non-hydrogen) atoms. The molecular weight excluding hydrogens is 435 g/mol. The predicted molar refractivity (Wildman–Crippen MR) is 112 cm³/mol. The second kappa shape index (κ2) is 9.91. The summed E-state index contributed by atoms with van der Waals surface area (Å²) in [6.07, 6.45) is 1.83. The third-order valence-electron chi connectivity index (χ3n) is 4.57. The Kier molecular flexibility index (Phi) is 7.54. The van der Waals surface area contributed by atoms with Crippen molar-refractivity contribution in [2.75, 3.05) is 19.7 Å². The summed E-state index contributed by atoms with van der Waals surface area (Å²) in [5.74, 6) is -0.389. The molecule has 6 nitrogen and oxygen atoms in total. The van der Waals surface area contributed by atoms with Crippen molar-refractivity contribution < 1.29 is 17.9 Å². The Morgan fingerprint density at radius 3 is 2.55 bits per heavy atom. The average Bonchev–Trinajstić information content (AvgIpc) is 3.20. The summed E-state index contributed by atoms with van der Waals surface area (Å²) >= 11 is 11.9. The number of rotatable bonds is 8. The molecule has 1 aliphatic heterocycles. The van der Waals surface area contributed by atoms with E-state index in [4.69, 9.17) is 27.9 Å². The van der Waals surface area contributed by atoms with Gasteiger partial charge in [-0.3, -0.25) is 4.79 Å². The van der Waals surface area contributed by atoms with Crippen LogP contribution in [0.15, 0.2) is 53.4 Å². The van der Waals surface area contributed by atoms with Crippen molar-refractivity contribution in [1.82, 2.24) is 9.62 Å². The Hall–Kier alpha value is -1.64. The van der Waals surface area contributed by atoms with E-state index in [1.54, 1.807) is 24.3 Å². The quantitative estimate of drug-likeness (QED) is 0.659. The van der Waals surface area contributed by atoms with E-state index in [-0.39, 0.29) is 30.0 Å². The normalized spacial score (nSPS) is 16.9. The lowest BCUT2D eigenvalue weighted by atomic mass is 10.2. The van der Waals surface area contributed by atoms with Crippen LogP contribution in [0, 0.1) is 0 Å². The SMILES string of the molecule is O=C(CN(Cc1cccc(Cl)c1)S(=O)(=O)c1ccc(Cl)cc1)NC[C@@H]1CCCO1. The van der Waals surface area contributed by atoms with Crippen molar-refractivity contribution in [3.05, 3.63) is 64.1 Å². The second-order valence-corrected chi connectivity index (χ2v) is 9.61. The molecule has 1 saturated heterocycles. The lowest BCUT2D eigenvalue weighted by molar-refractivity contribution is -0.121. The molecular formula is C20H22Cl2N2O4S. The fraction of sp³-hybridized carbons (Fsp3) is 0.350. The minimum absolute atomic E-state index is 0.0128. The molecule has 2 aromatic rings. The summed E-state index contributed by atoms with van der Waals surface area (Å²) in [6, 6.07) is 12.7. The van der Waals surface area contributed by atoms with Crippen LogP contribution in [0.5, 0.6) is 0 Å². The number of ether oxygens (including phenoxy) is 1. The third-order valence-corrected chi connectivity index (χ3v) is 6.86. The van der Waals surface area contributed by atoms with Crippen molar-refractivity contribution >= 4 is 39.1 Å². The smallest absolute Gasteiger partial charge is 0.243 e. The minimum Gasteiger partial charge on any atom is -0.376 e. The van der Waals surface area contributed by atoms with Crippen LogP contribution in [0.25, 0.3) is 0 Å². The van der Waals surface area contributed by atoms with E-state index >= 15 is 0 Å². The fourth-order valence-electron chi connectivity index (χ4n) is 3.07. The summed E-state index contributed by atoms with van der Waals surface area (Å²) in [4.78, 5) is 12.5. The number of nitrogens with one attached hydrogen (secondary N) is 1. The molecule has 0 spiro atoms. The molecule has 1 heterocycles. The number of amides is 1. The summed E-state index contributed by atoms with van der Waals surface area (Å²) in [7, 11) is -3.92. The second-order valence-electron chi connectivity index (χ2n) is 6.80. The summed E-state index contributed by atoms with van der Waals surface area (Å²) in [5.41, 5.74) is 0.682. The van der Waals surface area contributed by atoms with Crippen LogP contribution < -0.4 is 5.32 Å². The number of nitrogens with zero attached hydrogens (tertiary/aromatic N) is 1. The molecule has 0 radical (unpaired) electrons. The van der Waals surface area contributed by atoms with Gasteiger partial charge in [0.05, 0.1) is 17.5 Å². The number of carbonyl (C=O) groups excluding carboxylic acids is 1. The lowest BCUT2D eigenvalue weighted by Gasteiger charge is -2.22. The van der Waals surface area contributed by atoms with Gasteiger partial charge in [-0.1, -0.05) is 35.3 Å². The van der Waals surface area contributed by atoms with Gasteiger partial charge >= 0.3 is 0 Å². The topological polar surface area (TPSA) is 75.7 Å². The van der Waals surface area contributed by atoms with Crippen molar-refractivity contribution in [1.29, 1.82) is 0 Å². The summed E-state index contributed by atoms with van der Waals surface area (Å²) in [5, 5.41) is 3.69. The van der Waals surface area contributed by atoms with E-state index < -0.39 is 10.0 Å². The molecule has 1 fully saturated rings. The molecule has 3 rings (SSSR count). The lowest BCUT2D eigenvalue weighted by Crippen LogP contribution is -2.42. The molecule has 1 amide bonds. The van der Waals surface area contributed by atoms with Crippen LogP contribution in [-0.2, 0) is 26.1 Å². The zero-order valence-corrected chi connectivity index (χ0v) is 18.0. The van der Waals surface area contributed by atoms with E-state index in [1.165, 1.54) is 24.3 Å². The highest BCUT2D eigenvalue weighted by Crippen LogP contribution is 2.21. The van der Waals surface area contributed by atoms with Gasteiger partial charge in [-0.05, 0) is 54.8 Å². The van der Waals surface area contributed by atoms with Gasteiger partial charge in [-0.15, -0.1) is 0 Å². The van der Waals surface area contributed by atoms with Crippen molar-refractivity contribution in [2.24, 2.45) is 0 Å². The number of hydrogen-bond acceptors (Lipinski definition) is 4. The maximum Gasteiger partial charge on any atom is 0.243 e. The van der Waals surface area contributed by atoms with Crippen LogP contribution in [0.2, 0.25) is 10.0 Å². The van der Waals surface area contributed by atoms with Crippen LogP contribution >= 0.6 is 23.2 Å². The molecule has 0 aliphatic carbocycles. The van der Waals surface area contributed by atoms with Crippen molar-refractivity contribution in [3.63, 3.8) is 0 Å². The Labute approximate surface area is 180 Å². The molecule has 0 bridgehead atoms. The number of benzene rings is 2. The first-order valence-corrected chi connectivity index (χ1v) is 11.4. The molecule has 1 aliphatic rings. The first-order valence-electron chi connectivity index (χ1n) is 9.23. The monoisotopic (exact) mass is 456 g/mol. The van der Waals surface area contributed by atoms with Crippen LogP contribution in [0.1, 0.15) is 18.4 Å². The van der Waals surface area contributed by atoms with E-state index in [9.17, 15) is 13.2 Å². The van der Waals surface area contributed by atoms with E-state index in [2.05, 4.69) is 5.32 Å². The number of carbonyl (C=O) groups is 1. The van der Waals surface area contributed by atoms with Gasteiger partial charge in [0.2, 0.25) is 15.9 Å². The average molecular weight is 457 g/mol. The van der Waals surface area contributed by atoms with Crippen molar-refractivity contribution in [2.45, 2.75) is 30.4 Å². The van der Waals surface area contributed by atoms with Crippen LogP contribution in [-0.4, -0.2) is 44.4 Å². The number of hydrogen-bond donors (Lipinski definition) is 1. The first-order chi connectivity index (χ1) is 13.8. The maximum atomic E-state index is 13.2. The highest BCUT2D eigenvalue weighted by Gasteiger charge is 2.27. The largest absolute Gasteiger partial charge is 0.376 e. The highest BCUT2D eigenvalue weighted by atomic mass is 35.5. The Morgan fingerprint density at radius 2 is 1.90 bits per heavy atom. The zero-order valence-electron chi connectivity index (χ0n) is 15.7. The molecule has 156 valence electrons. The Bertz CT molecular complexity index is 945. The molecule has 0 aromatic heterocycles. The van der Waals surface area contributed by atoms with Gasteiger partial charge in [0.15, 0.2) is 0 Å². The highest BCUT2D eigenvalue weighted by molar-refractivity contribution is 7.89. The zero-order chi connectivity index (χ0) is 20.9. The summed E-state index contributed by atoms with van der Waals surface area (Å²) in [6.45, 7) is 0.750. The minimum atomic E-state index is -3.92.